The highest BCUT2D eigenvalue weighted by molar-refractivity contribution is 6.42. The van der Waals surface area contributed by atoms with E-state index in [4.69, 9.17) is 23.2 Å². The van der Waals surface area contributed by atoms with Crippen LogP contribution in [-0.4, -0.2) is 38.2 Å². The lowest BCUT2D eigenvalue weighted by Crippen LogP contribution is -2.34. The van der Waals surface area contributed by atoms with Crippen molar-refractivity contribution in [1.29, 1.82) is 0 Å². The number of rotatable bonds is 5. The molecule has 0 amide bonds. The van der Waals surface area contributed by atoms with E-state index in [0.29, 0.717) is 21.8 Å². The van der Waals surface area contributed by atoms with Crippen molar-refractivity contribution in [1.82, 2.24) is 25.1 Å². The summed E-state index contributed by atoms with van der Waals surface area (Å²) in [5.41, 5.74) is 2.92. The molecule has 0 bridgehead atoms. The minimum absolute atomic E-state index is 0.251. The molecular formula is C23H22Cl2FN5. The standard InChI is InChI=1S/C23H22Cl2FN5/c24-18-3-1-15(10-19(18)25)9-14-5-7-31(8-6-14)13-22-28-23(30-29-22)21-12-16-11-17(26)2-4-20(16)27-21/h1-4,10-12,14,27H,5-9,13H2,(H,28,29,30). The van der Waals surface area contributed by atoms with Crippen LogP contribution in [0.5, 0.6) is 0 Å². The molecule has 0 atom stereocenters. The highest BCUT2D eigenvalue weighted by Crippen LogP contribution is 2.27. The van der Waals surface area contributed by atoms with Gasteiger partial charge in [-0.2, -0.15) is 0 Å². The molecule has 5 nitrogen and oxygen atoms in total. The monoisotopic (exact) mass is 457 g/mol. The van der Waals surface area contributed by atoms with Gasteiger partial charge in [0.15, 0.2) is 5.82 Å². The number of H-pyrrole nitrogens is 2. The number of fused-ring (bicyclic) bond motifs is 1. The summed E-state index contributed by atoms with van der Waals surface area (Å²) in [6.07, 6.45) is 3.29. The van der Waals surface area contributed by atoms with Crippen molar-refractivity contribution >= 4 is 34.1 Å². The molecule has 1 fully saturated rings. The van der Waals surface area contributed by atoms with E-state index in [1.165, 1.54) is 17.7 Å². The summed E-state index contributed by atoms with van der Waals surface area (Å²) < 4.78 is 13.4. The predicted molar refractivity (Wildman–Crippen MR) is 122 cm³/mol. The minimum Gasteiger partial charge on any atom is -0.352 e. The van der Waals surface area contributed by atoms with E-state index in [1.54, 1.807) is 6.07 Å². The van der Waals surface area contributed by atoms with Crippen LogP contribution in [0, 0.1) is 11.7 Å². The number of nitrogens with zero attached hydrogens (tertiary/aromatic N) is 3. The van der Waals surface area contributed by atoms with Gasteiger partial charge >= 0.3 is 0 Å². The molecule has 2 aromatic heterocycles. The van der Waals surface area contributed by atoms with Gasteiger partial charge in [0, 0.05) is 10.9 Å². The lowest BCUT2D eigenvalue weighted by atomic mass is 9.90. The zero-order valence-corrected chi connectivity index (χ0v) is 18.3. The average Bonchev–Trinajstić information content (AvgIpc) is 3.38. The van der Waals surface area contributed by atoms with Gasteiger partial charge in [-0.05, 0) is 80.2 Å². The number of hydrogen-bond donors (Lipinski definition) is 2. The van der Waals surface area contributed by atoms with Gasteiger partial charge in [-0.15, -0.1) is 10.2 Å². The van der Waals surface area contributed by atoms with Crippen LogP contribution in [0.25, 0.3) is 22.4 Å². The second-order valence-electron chi connectivity index (χ2n) is 8.21. The second kappa shape index (κ2) is 8.61. The van der Waals surface area contributed by atoms with E-state index in [1.807, 2.05) is 18.2 Å². The van der Waals surface area contributed by atoms with Crippen LogP contribution in [0.2, 0.25) is 10.0 Å². The van der Waals surface area contributed by atoms with Crippen molar-refractivity contribution in [2.45, 2.75) is 25.8 Å². The van der Waals surface area contributed by atoms with Crippen molar-refractivity contribution in [3.63, 3.8) is 0 Å². The molecule has 0 radical (unpaired) electrons. The summed E-state index contributed by atoms with van der Waals surface area (Å²) in [5, 5.41) is 10.6. The Morgan fingerprint density at radius 2 is 1.81 bits per heavy atom. The average molecular weight is 458 g/mol. The zero-order valence-electron chi connectivity index (χ0n) is 16.8. The molecule has 1 aliphatic rings. The Morgan fingerprint density at radius 1 is 0.968 bits per heavy atom. The summed E-state index contributed by atoms with van der Waals surface area (Å²) in [5.74, 6) is 1.90. The first-order chi connectivity index (χ1) is 15.0. The first-order valence-electron chi connectivity index (χ1n) is 10.4. The third-order valence-electron chi connectivity index (χ3n) is 5.96. The molecule has 3 heterocycles. The van der Waals surface area contributed by atoms with Gasteiger partial charge < -0.3 is 9.97 Å². The topological polar surface area (TPSA) is 60.6 Å². The number of halogens is 3. The van der Waals surface area contributed by atoms with Gasteiger partial charge in [0.25, 0.3) is 0 Å². The SMILES string of the molecule is Fc1ccc2[nH]c(-c3nnc(CN4CCC(Cc5ccc(Cl)c(Cl)c5)CC4)[nH]3)cc2c1. The zero-order chi connectivity index (χ0) is 21.4. The van der Waals surface area contributed by atoms with Gasteiger partial charge in [-0.3, -0.25) is 4.90 Å². The third kappa shape index (κ3) is 4.61. The lowest BCUT2D eigenvalue weighted by molar-refractivity contribution is 0.173. The molecular weight excluding hydrogens is 436 g/mol. The van der Waals surface area contributed by atoms with E-state index in [0.717, 1.165) is 61.3 Å². The van der Waals surface area contributed by atoms with Crippen molar-refractivity contribution in [2.75, 3.05) is 13.1 Å². The maximum absolute atomic E-state index is 13.4. The Kier molecular flexibility index (Phi) is 5.69. The first kappa shape index (κ1) is 20.5. The van der Waals surface area contributed by atoms with E-state index in [-0.39, 0.29) is 5.82 Å². The molecule has 160 valence electrons. The van der Waals surface area contributed by atoms with E-state index in [2.05, 4.69) is 31.1 Å². The number of aromatic nitrogens is 4. The van der Waals surface area contributed by atoms with Crippen LogP contribution >= 0.6 is 23.2 Å². The summed E-state index contributed by atoms with van der Waals surface area (Å²) in [6.45, 7) is 2.78. The highest BCUT2D eigenvalue weighted by atomic mass is 35.5. The maximum Gasteiger partial charge on any atom is 0.177 e. The number of nitrogens with one attached hydrogen (secondary N) is 2. The first-order valence-corrected chi connectivity index (χ1v) is 11.2. The molecule has 0 unspecified atom stereocenters. The molecule has 1 saturated heterocycles. The van der Waals surface area contributed by atoms with Crippen LogP contribution in [0.4, 0.5) is 4.39 Å². The van der Waals surface area contributed by atoms with Gasteiger partial charge in [-0.25, -0.2) is 4.39 Å². The molecule has 0 aliphatic carbocycles. The number of hydrogen-bond acceptors (Lipinski definition) is 3. The number of benzene rings is 2. The predicted octanol–water partition coefficient (Wildman–Crippen LogP) is 5.85. The van der Waals surface area contributed by atoms with Gasteiger partial charge in [0.2, 0.25) is 0 Å². The van der Waals surface area contributed by atoms with Gasteiger partial charge in [0.1, 0.15) is 11.6 Å². The number of aromatic amines is 2. The Morgan fingerprint density at radius 3 is 2.61 bits per heavy atom. The van der Waals surface area contributed by atoms with Crippen LogP contribution in [-0.2, 0) is 13.0 Å². The summed E-state index contributed by atoms with van der Waals surface area (Å²) in [6, 6.07) is 12.5. The second-order valence-corrected chi connectivity index (χ2v) is 9.02. The molecule has 8 heteroatoms. The Bertz CT molecular complexity index is 1210. The summed E-state index contributed by atoms with van der Waals surface area (Å²) >= 11 is 12.2. The summed E-state index contributed by atoms with van der Waals surface area (Å²) in [4.78, 5) is 8.96. The van der Waals surface area contributed by atoms with Gasteiger partial charge in [0.05, 0.1) is 22.3 Å². The molecule has 31 heavy (non-hydrogen) atoms. The molecule has 1 aliphatic heterocycles. The van der Waals surface area contributed by atoms with Crippen molar-refractivity contribution in [3.8, 4) is 11.5 Å². The van der Waals surface area contributed by atoms with E-state index >= 15 is 0 Å². The lowest BCUT2D eigenvalue weighted by Gasteiger charge is -2.31. The fraction of sp³-hybridized carbons (Fsp3) is 0.304. The van der Waals surface area contributed by atoms with Crippen LogP contribution < -0.4 is 0 Å². The summed E-state index contributed by atoms with van der Waals surface area (Å²) in [7, 11) is 0. The Balaban J connectivity index is 1.18. The number of piperidine rings is 1. The van der Waals surface area contributed by atoms with E-state index < -0.39 is 0 Å². The van der Waals surface area contributed by atoms with Gasteiger partial charge in [-0.1, -0.05) is 29.3 Å². The van der Waals surface area contributed by atoms with Crippen molar-refractivity contribution in [2.24, 2.45) is 5.92 Å². The fourth-order valence-corrected chi connectivity index (χ4v) is 4.60. The molecule has 4 aromatic rings. The normalized spacial score (nSPS) is 15.7. The van der Waals surface area contributed by atoms with Crippen LogP contribution in [0.1, 0.15) is 24.2 Å². The molecule has 0 spiro atoms. The Hall–Kier alpha value is -2.41. The largest absolute Gasteiger partial charge is 0.352 e. The molecule has 2 N–H and O–H groups in total. The fourth-order valence-electron chi connectivity index (χ4n) is 4.28. The molecule has 2 aromatic carbocycles. The quantitative estimate of drug-likeness (QED) is 0.394. The highest BCUT2D eigenvalue weighted by Gasteiger charge is 2.21. The molecule has 0 saturated carbocycles. The van der Waals surface area contributed by atoms with E-state index in [9.17, 15) is 4.39 Å². The maximum atomic E-state index is 13.4. The number of likely N-dealkylation sites (tertiary alicyclic amines) is 1. The van der Waals surface area contributed by atoms with Crippen LogP contribution in [0.15, 0.2) is 42.5 Å². The Labute approximate surface area is 189 Å². The van der Waals surface area contributed by atoms with Crippen LogP contribution in [0.3, 0.4) is 0 Å². The minimum atomic E-state index is -0.251. The molecule has 5 rings (SSSR count). The third-order valence-corrected chi connectivity index (χ3v) is 6.70. The van der Waals surface area contributed by atoms with Crippen molar-refractivity contribution in [3.05, 3.63) is 69.7 Å². The van der Waals surface area contributed by atoms with Crippen molar-refractivity contribution < 1.29 is 4.39 Å². The smallest absolute Gasteiger partial charge is 0.177 e.